The first kappa shape index (κ1) is 16.8. The Bertz CT molecular complexity index is 862. The van der Waals surface area contributed by atoms with E-state index in [0.29, 0.717) is 16.9 Å². The topological polar surface area (TPSA) is 98.5 Å². The van der Waals surface area contributed by atoms with Gasteiger partial charge in [-0.3, -0.25) is 14.8 Å². The van der Waals surface area contributed by atoms with Crippen LogP contribution in [0, 0.1) is 24.0 Å². The Labute approximate surface area is 134 Å². The van der Waals surface area contributed by atoms with Crippen LogP contribution in [0.1, 0.15) is 11.1 Å². The summed E-state index contributed by atoms with van der Waals surface area (Å²) in [5, 5.41) is 10.8. The van der Waals surface area contributed by atoms with Gasteiger partial charge in [-0.2, -0.15) is 0 Å². The summed E-state index contributed by atoms with van der Waals surface area (Å²) in [6.07, 6.45) is 0. The number of nitro groups is 1. The van der Waals surface area contributed by atoms with E-state index in [4.69, 9.17) is 4.74 Å². The third-order valence-corrected chi connectivity index (χ3v) is 4.72. The fourth-order valence-corrected chi connectivity index (χ4v) is 3.26. The lowest BCUT2D eigenvalue weighted by molar-refractivity contribution is -0.384. The van der Waals surface area contributed by atoms with E-state index in [2.05, 4.69) is 4.72 Å². The summed E-state index contributed by atoms with van der Waals surface area (Å²) in [6.45, 7) is 3.40. The molecule has 0 saturated heterocycles. The Hall–Kier alpha value is -2.61. The number of nitro benzene ring substituents is 1. The molecule has 0 radical (unpaired) electrons. The number of aryl methyl sites for hydroxylation is 2. The van der Waals surface area contributed by atoms with Gasteiger partial charge in [0.15, 0.2) is 0 Å². The number of sulfonamides is 1. The first-order valence-corrected chi connectivity index (χ1v) is 8.15. The van der Waals surface area contributed by atoms with Crippen molar-refractivity contribution in [2.24, 2.45) is 0 Å². The van der Waals surface area contributed by atoms with E-state index in [0.717, 1.165) is 0 Å². The van der Waals surface area contributed by atoms with Gasteiger partial charge in [-0.05, 0) is 43.2 Å². The van der Waals surface area contributed by atoms with Crippen LogP contribution in [0.2, 0.25) is 0 Å². The van der Waals surface area contributed by atoms with Gasteiger partial charge in [0.05, 0.1) is 22.6 Å². The number of nitrogens with one attached hydrogen (secondary N) is 1. The Kier molecular flexibility index (Phi) is 4.55. The second-order valence-corrected chi connectivity index (χ2v) is 6.68. The molecule has 0 bridgehead atoms. The molecule has 8 heteroatoms. The van der Waals surface area contributed by atoms with Gasteiger partial charge in [-0.25, -0.2) is 8.42 Å². The second-order valence-electron chi connectivity index (χ2n) is 4.99. The molecule has 0 amide bonds. The lowest BCUT2D eigenvalue weighted by atomic mass is 10.2. The molecule has 2 rings (SSSR count). The first-order chi connectivity index (χ1) is 10.7. The number of benzene rings is 2. The third-order valence-electron chi connectivity index (χ3n) is 3.35. The number of nitrogens with zero attached hydrogens (tertiary/aromatic N) is 1. The van der Waals surface area contributed by atoms with Crippen LogP contribution >= 0.6 is 0 Å². The highest BCUT2D eigenvalue weighted by atomic mass is 32.2. The highest BCUT2D eigenvalue weighted by Crippen LogP contribution is 2.26. The minimum absolute atomic E-state index is 0.0571. The number of rotatable bonds is 5. The molecule has 0 aliphatic rings. The number of methoxy groups -OCH3 is 1. The summed E-state index contributed by atoms with van der Waals surface area (Å²) in [4.78, 5) is 10.3. The van der Waals surface area contributed by atoms with E-state index in [1.54, 1.807) is 19.9 Å². The first-order valence-electron chi connectivity index (χ1n) is 6.67. The highest BCUT2D eigenvalue weighted by molar-refractivity contribution is 7.92. The number of anilines is 1. The van der Waals surface area contributed by atoms with E-state index in [9.17, 15) is 18.5 Å². The Morgan fingerprint density at radius 1 is 1.09 bits per heavy atom. The van der Waals surface area contributed by atoms with Crippen LogP contribution in [0.25, 0.3) is 0 Å². The molecule has 1 N–H and O–H groups in total. The predicted octanol–water partition coefficient (Wildman–Crippen LogP) is 3.02. The van der Waals surface area contributed by atoms with Gasteiger partial charge in [-0.1, -0.05) is 6.07 Å². The quantitative estimate of drug-likeness (QED) is 0.668. The van der Waals surface area contributed by atoms with Crippen molar-refractivity contribution in [2.75, 3.05) is 11.8 Å². The molecule has 2 aromatic carbocycles. The van der Waals surface area contributed by atoms with Crippen LogP contribution in [-0.4, -0.2) is 20.5 Å². The van der Waals surface area contributed by atoms with Crippen molar-refractivity contribution < 1.29 is 18.1 Å². The lowest BCUT2D eigenvalue weighted by Crippen LogP contribution is -2.14. The van der Waals surface area contributed by atoms with Crippen molar-refractivity contribution in [1.82, 2.24) is 0 Å². The Morgan fingerprint density at radius 2 is 1.78 bits per heavy atom. The number of non-ortho nitro benzene ring substituents is 1. The minimum atomic E-state index is -3.85. The molecule has 0 saturated carbocycles. The molecule has 0 aliphatic heterocycles. The number of hydrogen-bond acceptors (Lipinski definition) is 5. The number of hydrogen-bond donors (Lipinski definition) is 1. The van der Waals surface area contributed by atoms with Crippen molar-refractivity contribution in [3.05, 3.63) is 57.6 Å². The SMILES string of the molecule is COc1ccc(S(=O)(=O)Nc2cc([N+](=O)[O-])ccc2C)cc1C. The molecule has 0 spiro atoms. The molecule has 0 aromatic heterocycles. The van der Waals surface area contributed by atoms with E-state index in [-0.39, 0.29) is 16.3 Å². The molecule has 0 heterocycles. The van der Waals surface area contributed by atoms with Crippen LogP contribution in [0.4, 0.5) is 11.4 Å². The molecule has 0 fully saturated rings. The van der Waals surface area contributed by atoms with Crippen molar-refractivity contribution in [2.45, 2.75) is 18.7 Å². The summed E-state index contributed by atoms with van der Waals surface area (Å²) in [7, 11) is -2.35. The van der Waals surface area contributed by atoms with Crippen LogP contribution < -0.4 is 9.46 Å². The standard InChI is InChI=1S/C15H16N2O5S/c1-10-4-5-12(17(18)19)9-14(10)16-23(20,21)13-6-7-15(22-3)11(2)8-13/h4-9,16H,1-3H3. The minimum Gasteiger partial charge on any atom is -0.496 e. The van der Waals surface area contributed by atoms with Gasteiger partial charge in [-0.15, -0.1) is 0 Å². The molecule has 0 aliphatic carbocycles. The molecule has 0 atom stereocenters. The summed E-state index contributed by atoms with van der Waals surface area (Å²) in [5.41, 5.74) is 1.25. The second kappa shape index (κ2) is 6.25. The van der Waals surface area contributed by atoms with Gasteiger partial charge in [0.1, 0.15) is 5.75 Å². The highest BCUT2D eigenvalue weighted by Gasteiger charge is 2.18. The monoisotopic (exact) mass is 336 g/mol. The van der Waals surface area contributed by atoms with Crippen LogP contribution in [0.15, 0.2) is 41.3 Å². The zero-order valence-electron chi connectivity index (χ0n) is 12.9. The van der Waals surface area contributed by atoms with Crippen molar-refractivity contribution in [1.29, 1.82) is 0 Å². The van der Waals surface area contributed by atoms with Gasteiger partial charge in [0.25, 0.3) is 15.7 Å². The van der Waals surface area contributed by atoms with Gasteiger partial charge >= 0.3 is 0 Å². The molecule has 7 nitrogen and oxygen atoms in total. The summed E-state index contributed by atoms with van der Waals surface area (Å²) in [6, 6.07) is 8.47. The van der Waals surface area contributed by atoms with E-state index in [1.807, 2.05) is 0 Å². The smallest absolute Gasteiger partial charge is 0.271 e. The zero-order chi connectivity index (χ0) is 17.2. The molecule has 23 heavy (non-hydrogen) atoms. The Balaban J connectivity index is 2.40. The van der Waals surface area contributed by atoms with Gasteiger partial charge < -0.3 is 4.74 Å². The van der Waals surface area contributed by atoms with Crippen molar-refractivity contribution in [3.63, 3.8) is 0 Å². The molecular formula is C15H16N2O5S. The third kappa shape index (κ3) is 3.59. The maximum Gasteiger partial charge on any atom is 0.271 e. The van der Waals surface area contributed by atoms with Crippen LogP contribution in [-0.2, 0) is 10.0 Å². The molecule has 0 unspecified atom stereocenters. The largest absolute Gasteiger partial charge is 0.496 e. The van der Waals surface area contributed by atoms with E-state index >= 15 is 0 Å². The number of ether oxygens (including phenoxy) is 1. The Morgan fingerprint density at radius 3 is 2.35 bits per heavy atom. The van der Waals surface area contributed by atoms with Crippen LogP contribution in [0.5, 0.6) is 5.75 Å². The van der Waals surface area contributed by atoms with Crippen LogP contribution in [0.3, 0.4) is 0 Å². The normalized spacial score (nSPS) is 11.1. The van der Waals surface area contributed by atoms with E-state index < -0.39 is 14.9 Å². The molecule has 122 valence electrons. The molecular weight excluding hydrogens is 320 g/mol. The average molecular weight is 336 g/mol. The van der Waals surface area contributed by atoms with Gasteiger partial charge in [0.2, 0.25) is 0 Å². The maximum atomic E-state index is 12.5. The fourth-order valence-electron chi connectivity index (χ4n) is 2.06. The van der Waals surface area contributed by atoms with Crippen molar-refractivity contribution in [3.8, 4) is 5.75 Å². The summed E-state index contributed by atoms with van der Waals surface area (Å²) < 4.78 is 32.4. The summed E-state index contributed by atoms with van der Waals surface area (Å²) >= 11 is 0. The predicted molar refractivity (Wildman–Crippen MR) is 86.4 cm³/mol. The lowest BCUT2D eigenvalue weighted by Gasteiger charge is -2.12. The average Bonchev–Trinajstić information content (AvgIpc) is 2.49. The maximum absolute atomic E-state index is 12.5. The van der Waals surface area contributed by atoms with Crippen molar-refractivity contribution >= 4 is 21.4 Å². The zero-order valence-corrected chi connectivity index (χ0v) is 13.7. The molecule has 2 aromatic rings. The van der Waals surface area contributed by atoms with Gasteiger partial charge in [0, 0.05) is 12.1 Å². The van der Waals surface area contributed by atoms with E-state index in [1.165, 1.54) is 37.4 Å². The fraction of sp³-hybridized carbons (Fsp3) is 0.200. The summed E-state index contributed by atoms with van der Waals surface area (Å²) in [5.74, 6) is 0.579.